The van der Waals surface area contributed by atoms with Crippen LogP contribution in [0.25, 0.3) is 0 Å². The minimum Gasteiger partial charge on any atom is -0.375 e. The molecule has 1 aromatic rings. The Morgan fingerprint density at radius 1 is 1.40 bits per heavy atom. The average Bonchev–Trinajstić information content (AvgIpc) is 2.47. The Morgan fingerprint density at radius 2 is 2.15 bits per heavy atom. The van der Waals surface area contributed by atoms with Gasteiger partial charge in [-0.1, -0.05) is 29.8 Å². The summed E-state index contributed by atoms with van der Waals surface area (Å²) >= 11 is 0. The summed E-state index contributed by atoms with van der Waals surface area (Å²) in [4.78, 5) is 11.5. The molecule has 0 radical (unpaired) electrons. The van der Waals surface area contributed by atoms with Crippen LogP contribution in [0, 0.1) is 12.8 Å². The molecule has 2 atom stereocenters. The van der Waals surface area contributed by atoms with Gasteiger partial charge < -0.3 is 14.8 Å². The van der Waals surface area contributed by atoms with Gasteiger partial charge in [0.2, 0.25) is 5.91 Å². The number of carbonyl (C=O) groups excluding carboxylic acids is 1. The number of amides is 1. The highest BCUT2D eigenvalue weighted by Crippen LogP contribution is 2.33. The molecule has 2 rings (SSSR count). The van der Waals surface area contributed by atoms with Crippen molar-refractivity contribution in [3.63, 3.8) is 0 Å². The van der Waals surface area contributed by atoms with Gasteiger partial charge in [-0.15, -0.1) is 0 Å². The summed E-state index contributed by atoms with van der Waals surface area (Å²) in [7, 11) is 1.53. The van der Waals surface area contributed by atoms with Crippen LogP contribution < -0.4 is 5.32 Å². The molecule has 1 aromatic carbocycles. The molecule has 20 heavy (non-hydrogen) atoms. The maximum atomic E-state index is 11.5. The predicted octanol–water partition coefficient (Wildman–Crippen LogP) is 2.23. The minimum atomic E-state index is -0.0688. The van der Waals surface area contributed by atoms with E-state index in [-0.39, 0.29) is 18.6 Å². The lowest BCUT2D eigenvalue weighted by Crippen LogP contribution is -2.36. The smallest absolute Gasteiger partial charge is 0.245 e. The number of ether oxygens (including phenoxy) is 2. The van der Waals surface area contributed by atoms with E-state index in [1.807, 2.05) is 0 Å². The van der Waals surface area contributed by atoms with E-state index < -0.39 is 0 Å². The number of methoxy groups -OCH3 is 1. The van der Waals surface area contributed by atoms with Crippen molar-refractivity contribution in [2.75, 3.05) is 26.9 Å². The van der Waals surface area contributed by atoms with Gasteiger partial charge in [0.25, 0.3) is 0 Å². The Morgan fingerprint density at radius 3 is 2.85 bits per heavy atom. The van der Waals surface area contributed by atoms with Crippen molar-refractivity contribution in [2.24, 2.45) is 5.92 Å². The van der Waals surface area contributed by atoms with E-state index in [4.69, 9.17) is 9.47 Å². The van der Waals surface area contributed by atoms with E-state index in [0.717, 1.165) is 19.4 Å². The van der Waals surface area contributed by atoms with Gasteiger partial charge in [0, 0.05) is 26.2 Å². The van der Waals surface area contributed by atoms with Crippen LogP contribution >= 0.6 is 0 Å². The summed E-state index contributed by atoms with van der Waals surface area (Å²) in [5.74, 6) is 0.257. The molecule has 0 spiro atoms. The minimum absolute atomic E-state index is 0.0688. The van der Waals surface area contributed by atoms with Crippen LogP contribution in [0.1, 0.15) is 30.1 Å². The summed E-state index contributed by atoms with van der Waals surface area (Å²) in [6.45, 7) is 3.62. The Bertz CT molecular complexity index is 430. The predicted molar refractivity (Wildman–Crippen MR) is 77.5 cm³/mol. The van der Waals surface area contributed by atoms with Gasteiger partial charge in [0.1, 0.15) is 6.61 Å². The second-order valence-corrected chi connectivity index (χ2v) is 5.34. The zero-order valence-electron chi connectivity index (χ0n) is 12.2. The van der Waals surface area contributed by atoms with Crippen LogP contribution in [0.15, 0.2) is 24.3 Å². The van der Waals surface area contributed by atoms with Gasteiger partial charge in [-0.3, -0.25) is 4.79 Å². The monoisotopic (exact) mass is 277 g/mol. The summed E-state index contributed by atoms with van der Waals surface area (Å²) in [6, 6.07) is 8.45. The molecule has 0 bridgehead atoms. The number of hydrogen-bond donors (Lipinski definition) is 1. The van der Waals surface area contributed by atoms with Crippen molar-refractivity contribution >= 4 is 5.91 Å². The van der Waals surface area contributed by atoms with Gasteiger partial charge >= 0.3 is 0 Å². The molecular formula is C16H23NO3. The summed E-state index contributed by atoms with van der Waals surface area (Å²) in [5.41, 5.74) is 2.44. The van der Waals surface area contributed by atoms with Crippen molar-refractivity contribution in [1.29, 1.82) is 0 Å². The number of carbonyl (C=O) groups is 1. The lowest BCUT2D eigenvalue weighted by Gasteiger charge is -2.32. The van der Waals surface area contributed by atoms with Crippen LogP contribution in [0.5, 0.6) is 0 Å². The Hall–Kier alpha value is -1.39. The van der Waals surface area contributed by atoms with E-state index in [1.54, 1.807) is 0 Å². The first-order valence-corrected chi connectivity index (χ1v) is 7.14. The second kappa shape index (κ2) is 7.41. The molecule has 0 unspecified atom stereocenters. The Kier molecular flexibility index (Phi) is 5.56. The summed E-state index contributed by atoms with van der Waals surface area (Å²) in [5, 5.41) is 2.92. The fraction of sp³-hybridized carbons (Fsp3) is 0.562. The number of aryl methyl sites for hydroxylation is 1. The number of hydrogen-bond acceptors (Lipinski definition) is 3. The highest BCUT2D eigenvalue weighted by molar-refractivity contribution is 5.77. The van der Waals surface area contributed by atoms with Gasteiger partial charge in [0.15, 0.2) is 0 Å². The van der Waals surface area contributed by atoms with Crippen molar-refractivity contribution in [1.82, 2.24) is 5.32 Å². The molecule has 0 aliphatic carbocycles. The Labute approximate surface area is 120 Å². The molecule has 0 aromatic heterocycles. The largest absolute Gasteiger partial charge is 0.375 e. The number of rotatable bonds is 5. The van der Waals surface area contributed by atoms with Gasteiger partial charge in [-0.05, 0) is 25.3 Å². The van der Waals surface area contributed by atoms with Crippen LogP contribution in [-0.2, 0) is 14.3 Å². The highest BCUT2D eigenvalue weighted by atomic mass is 16.5. The van der Waals surface area contributed by atoms with E-state index in [2.05, 4.69) is 36.5 Å². The first-order chi connectivity index (χ1) is 9.70. The quantitative estimate of drug-likeness (QED) is 0.897. The molecular weight excluding hydrogens is 254 g/mol. The van der Waals surface area contributed by atoms with Crippen molar-refractivity contribution < 1.29 is 14.3 Å². The first kappa shape index (κ1) is 15.0. The zero-order chi connectivity index (χ0) is 14.4. The van der Waals surface area contributed by atoms with Crippen LogP contribution in [0.3, 0.4) is 0 Å². The molecule has 4 heteroatoms. The number of benzene rings is 1. The maximum Gasteiger partial charge on any atom is 0.245 e. The topological polar surface area (TPSA) is 47.6 Å². The molecule has 1 heterocycles. The maximum absolute atomic E-state index is 11.5. The second-order valence-electron chi connectivity index (χ2n) is 5.34. The fourth-order valence-corrected chi connectivity index (χ4v) is 2.60. The molecule has 1 N–H and O–H groups in total. The average molecular weight is 277 g/mol. The SMILES string of the molecule is COCC(=O)NC[C@H]1CCCO[C@H]1c1ccc(C)cc1. The van der Waals surface area contributed by atoms with E-state index >= 15 is 0 Å². The summed E-state index contributed by atoms with van der Waals surface area (Å²) < 4.78 is 10.8. The van der Waals surface area contributed by atoms with E-state index in [1.165, 1.54) is 18.2 Å². The van der Waals surface area contributed by atoms with E-state index in [0.29, 0.717) is 12.5 Å². The molecule has 1 saturated heterocycles. The molecule has 110 valence electrons. The molecule has 1 fully saturated rings. The van der Waals surface area contributed by atoms with Gasteiger partial charge in [-0.2, -0.15) is 0 Å². The zero-order valence-corrected chi connectivity index (χ0v) is 12.2. The van der Waals surface area contributed by atoms with Crippen LogP contribution in [0.2, 0.25) is 0 Å². The third-order valence-corrected chi connectivity index (χ3v) is 3.69. The lowest BCUT2D eigenvalue weighted by atomic mass is 9.89. The van der Waals surface area contributed by atoms with Crippen molar-refractivity contribution in [3.05, 3.63) is 35.4 Å². The molecule has 1 amide bonds. The first-order valence-electron chi connectivity index (χ1n) is 7.14. The highest BCUT2D eigenvalue weighted by Gasteiger charge is 2.27. The van der Waals surface area contributed by atoms with Crippen molar-refractivity contribution in [3.8, 4) is 0 Å². The lowest BCUT2D eigenvalue weighted by molar-refractivity contribution is -0.125. The molecule has 0 saturated carbocycles. The molecule has 1 aliphatic heterocycles. The third-order valence-electron chi connectivity index (χ3n) is 3.69. The molecule has 1 aliphatic rings. The van der Waals surface area contributed by atoms with Crippen molar-refractivity contribution in [2.45, 2.75) is 25.9 Å². The van der Waals surface area contributed by atoms with E-state index in [9.17, 15) is 4.79 Å². The number of nitrogens with one attached hydrogen (secondary N) is 1. The third kappa shape index (κ3) is 4.05. The van der Waals surface area contributed by atoms with Gasteiger partial charge in [0.05, 0.1) is 6.10 Å². The fourth-order valence-electron chi connectivity index (χ4n) is 2.60. The normalized spacial score (nSPS) is 22.5. The molecule has 4 nitrogen and oxygen atoms in total. The Balaban J connectivity index is 1.98. The summed E-state index contributed by atoms with van der Waals surface area (Å²) in [6.07, 6.45) is 2.20. The van der Waals surface area contributed by atoms with Crippen LogP contribution in [-0.4, -0.2) is 32.8 Å². The standard InChI is InChI=1S/C16H23NO3/c1-12-5-7-13(8-6-12)16-14(4-3-9-20-16)10-17-15(18)11-19-2/h5-8,14,16H,3-4,9-11H2,1-2H3,(H,17,18)/t14-,16+/m1/s1. The van der Waals surface area contributed by atoms with Crippen LogP contribution in [0.4, 0.5) is 0 Å². The van der Waals surface area contributed by atoms with Gasteiger partial charge in [-0.25, -0.2) is 0 Å².